The Kier molecular flexibility index (Phi) is 5.62. The molecule has 3 fully saturated rings. The summed E-state index contributed by atoms with van der Waals surface area (Å²) in [6.45, 7) is 1.10. The highest BCUT2D eigenvalue weighted by atomic mass is 19.1. The maximum atomic E-state index is 15.1. The van der Waals surface area contributed by atoms with Crippen molar-refractivity contribution in [2.75, 3.05) is 32.1 Å². The summed E-state index contributed by atoms with van der Waals surface area (Å²) in [6.07, 6.45) is 2.10. The number of anilines is 1. The third-order valence-electron chi connectivity index (χ3n) is 9.16. The van der Waals surface area contributed by atoms with Gasteiger partial charge in [-0.2, -0.15) is 0 Å². The molecule has 7 rings (SSSR count). The summed E-state index contributed by atoms with van der Waals surface area (Å²) in [5.74, 6) is -2.84. The molecule has 1 N–H and O–H groups in total. The Morgan fingerprint density at radius 2 is 1.57 bits per heavy atom. The fourth-order valence-electron chi connectivity index (χ4n) is 7.69. The zero-order chi connectivity index (χ0) is 27.7. The lowest BCUT2D eigenvalue weighted by atomic mass is 9.52. The van der Waals surface area contributed by atoms with E-state index in [1.807, 2.05) is 36.2 Å². The van der Waals surface area contributed by atoms with E-state index in [-0.39, 0.29) is 36.2 Å². The summed E-state index contributed by atoms with van der Waals surface area (Å²) in [5.41, 5.74) is 0.505. The van der Waals surface area contributed by atoms with E-state index in [9.17, 15) is 13.6 Å². The monoisotopic (exact) mass is 542 g/mol. The predicted molar refractivity (Wildman–Crippen MR) is 144 cm³/mol. The molecule has 3 aromatic rings. The molecule has 3 aliphatic heterocycles. The summed E-state index contributed by atoms with van der Waals surface area (Å²) in [5, 5.41) is 3.05. The quantitative estimate of drug-likeness (QED) is 0.461. The molecule has 1 saturated carbocycles. The molecule has 2 saturated heterocycles. The smallest absolute Gasteiger partial charge is 0.250 e. The number of likely N-dealkylation sites (tertiary alicyclic amines) is 1. The second kappa shape index (κ2) is 8.89. The topological polar surface area (TPSA) is 67.9 Å². The second-order valence-electron chi connectivity index (χ2n) is 11.2. The molecule has 6 nitrogen and oxygen atoms in total. The van der Waals surface area contributed by atoms with Gasteiger partial charge in [-0.05, 0) is 54.6 Å². The molecule has 40 heavy (non-hydrogen) atoms. The fourth-order valence-corrected chi connectivity index (χ4v) is 7.69. The van der Waals surface area contributed by atoms with Gasteiger partial charge >= 0.3 is 0 Å². The predicted octanol–water partition coefficient (Wildman–Crippen LogP) is 5.02. The number of hydrogen-bond acceptors (Lipinski definition) is 5. The molecule has 1 aliphatic carbocycles. The minimum Gasteiger partial charge on any atom is -0.347 e. The SMILES string of the molecule is CN1CC(c2ccc(F)cc2)C2(CC3(C/C(=C\c4ccc(F)cc4)C2=O)OCCO3)C12C(=O)Nc1ccccc12. The number of nitrogens with zero attached hydrogens (tertiary/aromatic N) is 1. The summed E-state index contributed by atoms with van der Waals surface area (Å²) in [4.78, 5) is 31.4. The maximum Gasteiger partial charge on any atom is 0.250 e. The molecule has 4 aliphatic rings. The van der Waals surface area contributed by atoms with E-state index < -0.39 is 22.7 Å². The van der Waals surface area contributed by atoms with E-state index in [0.717, 1.165) is 11.1 Å². The van der Waals surface area contributed by atoms with Gasteiger partial charge in [0.1, 0.15) is 17.2 Å². The number of nitrogens with one attached hydrogen (secondary N) is 1. The molecule has 1 amide bonds. The van der Waals surface area contributed by atoms with Crippen molar-refractivity contribution in [3.8, 4) is 0 Å². The molecule has 3 atom stereocenters. The zero-order valence-electron chi connectivity index (χ0n) is 22.0. The van der Waals surface area contributed by atoms with Crippen molar-refractivity contribution >= 4 is 23.5 Å². The average molecular weight is 543 g/mol. The molecule has 3 unspecified atom stereocenters. The molecular formula is C32H28F2N2O4. The van der Waals surface area contributed by atoms with Crippen LogP contribution in [0, 0.1) is 17.0 Å². The van der Waals surface area contributed by atoms with Crippen LogP contribution < -0.4 is 5.32 Å². The molecule has 8 heteroatoms. The number of carbonyl (C=O) groups excluding carboxylic acids is 2. The van der Waals surface area contributed by atoms with Gasteiger partial charge in [0.2, 0.25) is 0 Å². The summed E-state index contributed by atoms with van der Waals surface area (Å²) in [6, 6.07) is 19.6. The first-order valence-corrected chi connectivity index (χ1v) is 13.5. The number of halogens is 2. The number of Topliss-reactive ketones (excluding diaryl/α,β-unsaturated/α-hetero) is 1. The lowest BCUT2D eigenvalue weighted by Gasteiger charge is -2.52. The van der Waals surface area contributed by atoms with Crippen LogP contribution in [0.25, 0.3) is 6.08 Å². The molecule has 0 bridgehead atoms. The first-order chi connectivity index (χ1) is 19.3. The number of benzene rings is 3. The fraction of sp³-hybridized carbons (Fsp3) is 0.312. The Hall–Kier alpha value is -3.72. The average Bonchev–Trinajstić information content (AvgIpc) is 3.59. The molecule has 3 spiro atoms. The first-order valence-electron chi connectivity index (χ1n) is 13.5. The maximum absolute atomic E-state index is 15.1. The Bertz CT molecular complexity index is 1550. The van der Waals surface area contributed by atoms with Gasteiger partial charge in [0, 0.05) is 42.1 Å². The van der Waals surface area contributed by atoms with Gasteiger partial charge in [-0.15, -0.1) is 0 Å². The molecule has 0 aromatic heterocycles. The zero-order valence-corrected chi connectivity index (χ0v) is 22.0. The van der Waals surface area contributed by atoms with Crippen LogP contribution in [-0.4, -0.2) is 49.2 Å². The molecule has 0 radical (unpaired) electrons. The van der Waals surface area contributed by atoms with E-state index in [1.54, 1.807) is 30.3 Å². The van der Waals surface area contributed by atoms with Gasteiger partial charge in [0.15, 0.2) is 11.6 Å². The highest BCUT2D eigenvalue weighted by Crippen LogP contribution is 2.68. The van der Waals surface area contributed by atoms with Crippen LogP contribution in [0.4, 0.5) is 14.5 Å². The lowest BCUT2D eigenvalue weighted by Crippen LogP contribution is -2.63. The summed E-state index contributed by atoms with van der Waals surface area (Å²) < 4.78 is 40.3. The molecule has 3 aromatic carbocycles. The van der Waals surface area contributed by atoms with Gasteiger partial charge in [-0.3, -0.25) is 14.5 Å². The van der Waals surface area contributed by atoms with Crippen molar-refractivity contribution in [1.29, 1.82) is 0 Å². The van der Waals surface area contributed by atoms with Crippen molar-refractivity contribution in [1.82, 2.24) is 4.90 Å². The molecule has 3 heterocycles. The van der Waals surface area contributed by atoms with E-state index in [1.165, 1.54) is 24.3 Å². The summed E-state index contributed by atoms with van der Waals surface area (Å²) >= 11 is 0. The number of para-hydroxylation sites is 1. The first kappa shape index (κ1) is 25.3. The minimum atomic E-state index is -1.37. The van der Waals surface area contributed by atoms with Crippen LogP contribution in [0.1, 0.15) is 35.4 Å². The lowest BCUT2D eigenvalue weighted by molar-refractivity contribution is -0.203. The number of amides is 1. The third kappa shape index (κ3) is 3.36. The highest BCUT2D eigenvalue weighted by molar-refractivity contribution is 6.15. The van der Waals surface area contributed by atoms with Crippen LogP contribution >= 0.6 is 0 Å². The van der Waals surface area contributed by atoms with Gasteiger partial charge in [-0.1, -0.05) is 42.5 Å². The number of rotatable bonds is 2. The van der Waals surface area contributed by atoms with E-state index in [0.29, 0.717) is 36.6 Å². The second-order valence-corrected chi connectivity index (χ2v) is 11.2. The number of fused-ring (bicyclic) bond motifs is 3. The van der Waals surface area contributed by atoms with E-state index in [2.05, 4.69) is 5.32 Å². The van der Waals surface area contributed by atoms with Crippen LogP contribution in [0.3, 0.4) is 0 Å². The van der Waals surface area contributed by atoms with Gasteiger partial charge in [0.05, 0.1) is 18.6 Å². The Morgan fingerprint density at radius 1 is 0.925 bits per heavy atom. The number of likely N-dealkylation sites (N-methyl/N-ethyl adjacent to an activating group) is 1. The van der Waals surface area contributed by atoms with Crippen LogP contribution in [0.15, 0.2) is 78.4 Å². The van der Waals surface area contributed by atoms with Crippen LogP contribution in [0.5, 0.6) is 0 Å². The summed E-state index contributed by atoms with van der Waals surface area (Å²) in [7, 11) is 1.86. The van der Waals surface area contributed by atoms with Crippen molar-refractivity contribution < 1.29 is 27.8 Å². The Labute approximate surface area is 230 Å². The van der Waals surface area contributed by atoms with Crippen molar-refractivity contribution in [2.24, 2.45) is 5.41 Å². The normalized spacial score (nSPS) is 30.1. The van der Waals surface area contributed by atoms with Gasteiger partial charge in [-0.25, -0.2) is 8.78 Å². The van der Waals surface area contributed by atoms with Crippen molar-refractivity contribution in [3.05, 3.63) is 107 Å². The largest absolute Gasteiger partial charge is 0.347 e. The standard InChI is InChI=1S/C32H28F2N2O4/c1-36-18-26(21-8-12-24(34)13-9-21)31(32(36)25-4-2-3-5-27(25)35-29(32)38)19-30(39-14-15-40-30)17-22(28(31)37)16-20-6-10-23(33)11-7-20/h2-13,16,26H,14-15,17-19H2,1H3,(H,35,38)/b22-16+. The minimum absolute atomic E-state index is 0.147. The molecule has 204 valence electrons. The van der Waals surface area contributed by atoms with Crippen molar-refractivity contribution in [2.45, 2.75) is 30.1 Å². The van der Waals surface area contributed by atoms with E-state index >= 15 is 4.79 Å². The third-order valence-corrected chi connectivity index (χ3v) is 9.16. The van der Waals surface area contributed by atoms with Crippen LogP contribution in [0.2, 0.25) is 0 Å². The van der Waals surface area contributed by atoms with E-state index in [4.69, 9.17) is 9.47 Å². The van der Waals surface area contributed by atoms with Gasteiger partial charge < -0.3 is 14.8 Å². The number of carbonyl (C=O) groups is 2. The molecular weight excluding hydrogens is 514 g/mol. The van der Waals surface area contributed by atoms with Crippen molar-refractivity contribution in [3.63, 3.8) is 0 Å². The Morgan fingerprint density at radius 3 is 2.27 bits per heavy atom. The van der Waals surface area contributed by atoms with Crippen LogP contribution in [-0.2, 0) is 24.6 Å². The Balaban J connectivity index is 1.52. The van der Waals surface area contributed by atoms with Gasteiger partial charge in [0.25, 0.3) is 5.91 Å². The number of ketones is 1. The number of hydrogen-bond donors (Lipinski definition) is 1. The number of ether oxygens (including phenoxy) is 2. The highest BCUT2D eigenvalue weighted by Gasteiger charge is 2.76.